The van der Waals surface area contributed by atoms with Gasteiger partial charge in [-0.05, 0) is 36.6 Å². The molecule has 0 saturated heterocycles. The molecular formula is C13H15NO5S. The van der Waals surface area contributed by atoms with Crippen molar-refractivity contribution in [2.24, 2.45) is 0 Å². The minimum absolute atomic E-state index is 0.131. The molecule has 0 radical (unpaired) electrons. The Hall–Kier alpha value is -1.89. The lowest BCUT2D eigenvalue weighted by molar-refractivity contribution is -0.139. The number of hydrogen-bond donors (Lipinski definition) is 2. The van der Waals surface area contributed by atoms with Crippen molar-refractivity contribution in [3.8, 4) is 11.5 Å². The van der Waals surface area contributed by atoms with Crippen molar-refractivity contribution in [2.75, 3.05) is 18.8 Å². The van der Waals surface area contributed by atoms with E-state index in [1.165, 1.54) is 11.8 Å². The predicted molar refractivity (Wildman–Crippen MR) is 74.5 cm³/mol. The highest BCUT2D eigenvalue weighted by atomic mass is 32.2. The lowest BCUT2D eigenvalue weighted by atomic mass is 10.1. The first-order chi connectivity index (χ1) is 9.61. The Bertz CT molecular complexity index is 519. The zero-order chi connectivity index (χ0) is 14.5. The number of carbonyl (C=O) groups is 2. The van der Waals surface area contributed by atoms with Gasteiger partial charge in [-0.25, -0.2) is 4.79 Å². The molecule has 1 amide bonds. The van der Waals surface area contributed by atoms with Crippen LogP contribution in [0.3, 0.4) is 0 Å². The Morgan fingerprint density at radius 3 is 2.85 bits per heavy atom. The lowest BCUT2D eigenvalue weighted by Crippen LogP contribution is -2.41. The van der Waals surface area contributed by atoms with Crippen LogP contribution in [0.25, 0.3) is 0 Å². The number of carbonyl (C=O) groups excluding carboxylic acids is 1. The minimum atomic E-state index is -1.03. The molecule has 0 aromatic heterocycles. The zero-order valence-electron chi connectivity index (χ0n) is 10.9. The summed E-state index contributed by atoms with van der Waals surface area (Å²) < 4.78 is 10.3. The number of hydrogen-bond acceptors (Lipinski definition) is 5. The first kappa shape index (κ1) is 14.5. The predicted octanol–water partition coefficient (Wildman–Crippen LogP) is 1.35. The van der Waals surface area contributed by atoms with Gasteiger partial charge in [-0.1, -0.05) is 0 Å². The third kappa shape index (κ3) is 3.36. The molecular weight excluding hydrogens is 282 g/mol. The molecule has 2 rings (SSSR count). The van der Waals surface area contributed by atoms with Gasteiger partial charge in [0.15, 0.2) is 11.5 Å². The first-order valence-corrected chi connectivity index (χ1v) is 7.43. The van der Waals surface area contributed by atoms with Crippen LogP contribution in [-0.4, -0.2) is 41.8 Å². The second-order valence-electron chi connectivity index (χ2n) is 4.21. The van der Waals surface area contributed by atoms with Crippen LogP contribution in [0.1, 0.15) is 16.8 Å². The number of carboxylic acids is 1. The molecule has 7 heteroatoms. The third-order valence-corrected chi connectivity index (χ3v) is 3.49. The molecule has 1 atom stereocenters. The molecule has 20 heavy (non-hydrogen) atoms. The summed E-state index contributed by atoms with van der Waals surface area (Å²) in [5.74, 6) is 0.274. The van der Waals surface area contributed by atoms with Crippen molar-refractivity contribution in [3.63, 3.8) is 0 Å². The molecule has 1 aromatic carbocycles. The van der Waals surface area contributed by atoms with Crippen molar-refractivity contribution in [1.82, 2.24) is 5.32 Å². The smallest absolute Gasteiger partial charge is 0.326 e. The van der Waals surface area contributed by atoms with E-state index in [9.17, 15) is 9.59 Å². The topological polar surface area (TPSA) is 84.9 Å². The maximum Gasteiger partial charge on any atom is 0.326 e. The first-order valence-electron chi connectivity index (χ1n) is 6.04. The van der Waals surface area contributed by atoms with Crippen LogP contribution in [0, 0.1) is 0 Å². The highest BCUT2D eigenvalue weighted by Crippen LogP contribution is 2.32. The van der Waals surface area contributed by atoms with Gasteiger partial charge in [0, 0.05) is 5.56 Å². The zero-order valence-corrected chi connectivity index (χ0v) is 11.7. The number of aliphatic carboxylic acids is 1. The van der Waals surface area contributed by atoms with Gasteiger partial charge in [0.25, 0.3) is 5.91 Å². The van der Waals surface area contributed by atoms with Crippen LogP contribution >= 0.6 is 11.8 Å². The molecule has 0 fully saturated rings. The molecule has 0 bridgehead atoms. The quantitative estimate of drug-likeness (QED) is 0.824. The van der Waals surface area contributed by atoms with Crippen molar-refractivity contribution in [2.45, 2.75) is 12.5 Å². The number of ether oxygens (including phenoxy) is 2. The molecule has 0 spiro atoms. The van der Waals surface area contributed by atoms with Gasteiger partial charge in [-0.15, -0.1) is 0 Å². The van der Waals surface area contributed by atoms with Crippen molar-refractivity contribution in [1.29, 1.82) is 0 Å². The number of carboxylic acid groups (broad SMARTS) is 1. The fourth-order valence-corrected chi connectivity index (χ4v) is 2.24. The largest absolute Gasteiger partial charge is 0.480 e. The third-order valence-electron chi connectivity index (χ3n) is 2.85. The summed E-state index contributed by atoms with van der Waals surface area (Å²) in [5.41, 5.74) is 0.352. The average molecular weight is 297 g/mol. The molecule has 1 heterocycles. The van der Waals surface area contributed by atoms with E-state index in [2.05, 4.69) is 5.32 Å². The SMILES string of the molecule is CSCCC(NC(=O)c1ccc2c(c1)OCO2)C(=O)O. The van der Waals surface area contributed by atoms with Crippen LogP contribution in [0.15, 0.2) is 18.2 Å². The summed E-state index contributed by atoms with van der Waals surface area (Å²) in [6.07, 6.45) is 2.27. The number of rotatable bonds is 6. The standard InChI is InChI=1S/C13H15NO5S/c1-20-5-4-9(13(16)17)14-12(15)8-2-3-10-11(6-8)19-7-18-10/h2-3,6,9H,4-5,7H2,1H3,(H,14,15)(H,16,17). The van der Waals surface area contributed by atoms with Crippen molar-refractivity contribution in [3.05, 3.63) is 23.8 Å². The Labute approximate surface area is 120 Å². The minimum Gasteiger partial charge on any atom is -0.480 e. The van der Waals surface area contributed by atoms with Gasteiger partial charge in [0.1, 0.15) is 6.04 Å². The van der Waals surface area contributed by atoms with E-state index in [0.29, 0.717) is 29.2 Å². The summed E-state index contributed by atoms with van der Waals surface area (Å²) in [7, 11) is 0. The van der Waals surface area contributed by atoms with E-state index in [4.69, 9.17) is 14.6 Å². The summed E-state index contributed by atoms with van der Waals surface area (Å²) in [5, 5.41) is 11.6. The van der Waals surface area contributed by atoms with Gasteiger partial charge in [0.2, 0.25) is 6.79 Å². The van der Waals surface area contributed by atoms with Gasteiger partial charge in [0.05, 0.1) is 0 Å². The van der Waals surface area contributed by atoms with Gasteiger partial charge >= 0.3 is 5.97 Å². The summed E-state index contributed by atoms with van der Waals surface area (Å²) in [6, 6.07) is 3.87. The molecule has 1 aromatic rings. The summed E-state index contributed by atoms with van der Waals surface area (Å²) >= 11 is 1.54. The maximum atomic E-state index is 12.0. The van der Waals surface area contributed by atoms with Crippen molar-refractivity contribution >= 4 is 23.6 Å². The summed E-state index contributed by atoms with van der Waals surface area (Å²) in [4.78, 5) is 23.1. The lowest BCUT2D eigenvalue weighted by Gasteiger charge is -2.14. The van der Waals surface area contributed by atoms with Crippen LogP contribution in [0.4, 0.5) is 0 Å². The van der Waals surface area contributed by atoms with E-state index in [1.807, 2.05) is 6.26 Å². The highest BCUT2D eigenvalue weighted by molar-refractivity contribution is 7.98. The molecule has 108 valence electrons. The average Bonchev–Trinajstić information content (AvgIpc) is 2.90. The number of amides is 1. The van der Waals surface area contributed by atoms with Gasteiger partial charge in [-0.3, -0.25) is 4.79 Å². The second kappa shape index (κ2) is 6.51. The molecule has 0 aliphatic carbocycles. The number of thioether (sulfide) groups is 1. The number of benzene rings is 1. The van der Waals surface area contributed by atoms with E-state index in [-0.39, 0.29) is 6.79 Å². The fraction of sp³-hybridized carbons (Fsp3) is 0.385. The summed E-state index contributed by atoms with van der Waals surface area (Å²) in [6.45, 7) is 0.131. The maximum absolute atomic E-state index is 12.0. The van der Waals surface area contributed by atoms with E-state index >= 15 is 0 Å². The van der Waals surface area contributed by atoms with Crippen LogP contribution in [-0.2, 0) is 4.79 Å². The number of fused-ring (bicyclic) bond motifs is 1. The molecule has 6 nitrogen and oxygen atoms in total. The van der Waals surface area contributed by atoms with Gasteiger partial charge in [-0.2, -0.15) is 11.8 Å². The fourth-order valence-electron chi connectivity index (χ4n) is 1.77. The Morgan fingerprint density at radius 2 is 2.15 bits per heavy atom. The molecule has 1 aliphatic heterocycles. The van der Waals surface area contributed by atoms with Gasteiger partial charge < -0.3 is 19.9 Å². The van der Waals surface area contributed by atoms with Crippen LogP contribution < -0.4 is 14.8 Å². The monoisotopic (exact) mass is 297 g/mol. The second-order valence-corrected chi connectivity index (χ2v) is 5.20. The normalized spacial score (nSPS) is 13.8. The highest BCUT2D eigenvalue weighted by Gasteiger charge is 2.22. The molecule has 2 N–H and O–H groups in total. The van der Waals surface area contributed by atoms with Crippen LogP contribution in [0.5, 0.6) is 11.5 Å². The van der Waals surface area contributed by atoms with Crippen molar-refractivity contribution < 1.29 is 24.2 Å². The van der Waals surface area contributed by atoms with E-state index < -0.39 is 17.9 Å². The van der Waals surface area contributed by atoms with E-state index in [1.54, 1.807) is 18.2 Å². The van der Waals surface area contributed by atoms with E-state index in [0.717, 1.165) is 0 Å². The Balaban J connectivity index is 2.04. The molecule has 1 aliphatic rings. The number of nitrogens with one attached hydrogen (secondary N) is 1. The molecule has 1 unspecified atom stereocenters. The Kier molecular flexibility index (Phi) is 4.73. The molecule has 0 saturated carbocycles. The van der Waals surface area contributed by atoms with Crippen LogP contribution in [0.2, 0.25) is 0 Å². The Morgan fingerprint density at radius 1 is 1.40 bits per heavy atom.